The Morgan fingerprint density at radius 3 is 3.06 bits per heavy atom. The third kappa shape index (κ3) is 2.88. The zero-order valence-corrected chi connectivity index (χ0v) is 9.71. The molecule has 0 aliphatic carbocycles. The molecule has 0 saturated carbocycles. The number of amides is 1. The van der Waals surface area contributed by atoms with Crippen molar-refractivity contribution in [3.63, 3.8) is 0 Å². The van der Waals surface area contributed by atoms with Gasteiger partial charge in [-0.3, -0.25) is 9.78 Å². The molecule has 17 heavy (non-hydrogen) atoms. The summed E-state index contributed by atoms with van der Waals surface area (Å²) in [6.45, 7) is 0.506. The van der Waals surface area contributed by atoms with Crippen LogP contribution in [0.25, 0.3) is 11.1 Å². The molecule has 2 N–H and O–H groups in total. The normalized spacial score (nSPS) is 10.6. The fourth-order valence-electron chi connectivity index (χ4n) is 1.54. The minimum atomic E-state index is -0.465. The van der Waals surface area contributed by atoms with E-state index in [0.717, 1.165) is 5.56 Å². The van der Waals surface area contributed by atoms with Gasteiger partial charge in [-0.15, -0.1) is 11.6 Å². The number of halogens is 1. The summed E-state index contributed by atoms with van der Waals surface area (Å²) in [6.07, 6.45) is 0.660. The number of aromatic amines is 1. The Labute approximate surface area is 102 Å². The highest BCUT2D eigenvalue weighted by molar-refractivity contribution is 6.27. The Bertz CT molecular complexity index is 588. The first-order valence-corrected chi connectivity index (χ1v) is 5.67. The molecular formula is C11H11ClN2O3. The zero-order valence-electron chi connectivity index (χ0n) is 8.96. The molecule has 0 fully saturated rings. The van der Waals surface area contributed by atoms with Crippen LogP contribution in [0, 0.1) is 0 Å². The van der Waals surface area contributed by atoms with Gasteiger partial charge in [0.25, 0.3) is 0 Å². The van der Waals surface area contributed by atoms with Crippen molar-refractivity contribution < 1.29 is 9.21 Å². The summed E-state index contributed by atoms with van der Waals surface area (Å²) in [6, 6.07) is 5.43. The smallest absolute Gasteiger partial charge is 0.408 e. The molecule has 0 unspecified atom stereocenters. The van der Waals surface area contributed by atoms with Crippen LogP contribution in [0.3, 0.4) is 0 Å². The first kappa shape index (κ1) is 11.7. The zero-order chi connectivity index (χ0) is 12.3. The second-order valence-corrected chi connectivity index (χ2v) is 3.85. The highest BCUT2D eigenvalue weighted by Crippen LogP contribution is 2.12. The molecule has 0 radical (unpaired) electrons. The quantitative estimate of drug-likeness (QED) is 0.800. The summed E-state index contributed by atoms with van der Waals surface area (Å²) >= 11 is 5.35. The lowest BCUT2D eigenvalue weighted by atomic mass is 10.1. The lowest BCUT2D eigenvalue weighted by molar-refractivity contribution is -0.118. The molecule has 0 aliphatic heterocycles. The van der Waals surface area contributed by atoms with Crippen LogP contribution in [-0.2, 0) is 11.2 Å². The summed E-state index contributed by atoms with van der Waals surface area (Å²) in [4.78, 5) is 24.4. The van der Waals surface area contributed by atoms with Gasteiger partial charge in [-0.05, 0) is 24.1 Å². The Morgan fingerprint density at radius 2 is 2.29 bits per heavy atom. The van der Waals surface area contributed by atoms with Crippen LogP contribution in [0.4, 0.5) is 0 Å². The number of hydrogen-bond acceptors (Lipinski definition) is 3. The van der Waals surface area contributed by atoms with E-state index in [1.165, 1.54) is 0 Å². The molecule has 2 rings (SSSR count). The van der Waals surface area contributed by atoms with Crippen LogP contribution in [0.5, 0.6) is 0 Å². The Balaban J connectivity index is 2.04. The average Bonchev–Trinajstić information content (AvgIpc) is 2.68. The molecule has 0 bridgehead atoms. The summed E-state index contributed by atoms with van der Waals surface area (Å²) < 4.78 is 4.94. The first-order valence-electron chi connectivity index (χ1n) is 5.13. The fraction of sp³-hybridized carbons (Fsp3) is 0.273. The Hall–Kier alpha value is -1.75. The molecular weight excluding hydrogens is 244 g/mol. The van der Waals surface area contributed by atoms with Crippen molar-refractivity contribution in [3.8, 4) is 0 Å². The van der Waals surface area contributed by atoms with Crippen LogP contribution in [0.2, 0.25) is 0 Å². The molecule has 2 aromatic rings. The molecule has 1 amide bonds. The van der Waals surface area contributed by atoms with E-state index in [9.17, 15) is 9.59 Å². The van der Waals surface area contributed by atoms with Crippen molar-refractivity contribution in [2.75, 3.05) is 12.4 Å². The third-order valence-corrected chi connectivity index (χ3v) is 2.59. The van der Waals surface area contributed by atoms with Crippen molar-refractivity contribution in [1.82, 2.24) is 10.3 Å². The van der Waals surface area contributed by atoms with E-state index in [2.05, 4.69) is 10.3 Å². The van der Waals surface area contributed by atoms with Gasteiger partial charge in [-0.25, -0.2) is 4.79 Å². The van der Waals surface area contributed by atoms with Crippen molar-refractivity contribution in [1.29, 1.82) is 0 Å². The maximum absolute atomic E-state index is 10.9. The van der Waals surface area contributed by atoms with Crippen LogP contribution in [-0.4, -0.2) is 23.3 Å². The van der Waals surface area contributed by atoms with Gasteiger partial charge in [0.15, 0.2) is 5.58 Å². The predicted octanol–water partition coefficient (Wildman–Crippen LogP) is 1.02. The number of hydrogen-bond donors (Lipinski definition) is 2. The Morgan fingerprint density at radius 1 is 1.47 bits per heavy atom. The minimum absolute atomic E-state index is 0.0360. The summed E-state index contributed by atoms with van der Waals surface area (Å²) in [5, 5.41) is 2.66. The van der Waals surface area contributed by atoms with Gasteiger partial charge in [-0.2, -0.15) is 0 Å². The lowest BCUT2D eigenvalue weighted by Gasteiger charge is -2.02. The van der Waals surface area contributed by atoms with Crippen LogP contribution < -0.4 is 11.1 Å². The van der Waals surface area contributed by atoms with Gasteiger partial charge in [0.2, 0.25) is 5.91 Å². The number of fused-ring (bicyclic) bond motifs is 1. The van der Waals surface area contributed by atoms with Gasteiger partial charge < -0.3 is 9.73 Å². The first-order chi connectivity index (χ1) is 8.19. The van der Waals surface area contributed by atoms with E-state index >= 15 is 0 Å². The van der Waals surface area contributed by atoms with Gasteiger partial charge in [0, 0.05) is 6.54 Å². The molecule has 5 nitrogen and oxygen atoms in total. The number of oxazole rings is 1. The van der Waals surface area contributed by atoms with Gasteiger partial charge in [0.05, 0.1) is 5.52 Å². The number of carbonyl (C=O) groups is 1. The third-order valence-electron chi connectivity index (χ3n) is 2.34. The molecule has 1 heterocycles. The lowest BCUT2D eigenvalue weighted by Crippen LogP contribution is -2.26. The van der Waals surface area contributed by atoms with Gasteiger partial charge >= 0.3 is 5.76 Å². The molecule has 0 spiro atoms. The average molecular weight is 255 g/mol. The number of alkyl halides is 1. The van der Waals surface area contributed by atoms with Crippen molar-refractivity contribution in [2.24, 2.45) is 0 Å². The summed E-state index contributed by atoms with van der Waals surface area (Å²) in [5.74, 6) is -0.695. The van der Waals surface area contributed by atoms with E-state index in [-0.39, 0.29) is 11.8 Å². The van der Waals surface area contributed by atoms with Crippen LogP contribution in [0.15, 0.2) is 27.4 Å². The summed E-state index contributed by atoms with van der Waals surface area (Å²) in [5.41, 5.74) is 2.18. The standard InChI is InChI=1S/C11H11ClN2O3/c12-6-10(15)13-4-3-7-1-2-8-9(5-7)17-11(16)14-8/h1-2,5H,3-4,6H2,(H,13,15)(H,14,16). The number of H-pyrrole nitrogens is 1. The van der Waals surface area contributed by atoms with Crippen molar-refractivity contribution in [3.05, 3.63) is 34.3 Å². The second-order valence-electron chi connectivity index (χ2n) is 3.58. The number of rotatable bonds is 4. The minimum Gasteiger partial charge on any atom is -0.408 e. The highest BCUT2D eigenvalue weighted by Gasteiger charge is 2.03. The maximum atomic E-state index is 10.9. The molecule has 1 aromatic heterocycles. The van der Waals surface area contributed by atoms with E-state index in [1.807, 2.05) is 6.07 Å². The highest BCUT2D eigenvalue weighted by atomic mass is 35.5. The van der Waals surface area contributed by atoms with E-state index in [0.29, 0.717) is 24.1 Å². The van der Waals surface area contributed by atoms with E-state index < -0.39 is 5.76 Å². The van der Waals surface area contributed by atoms with Gasteiger partial charge in [0.1, 0.15) is 5.88 Å². The molecule has 0 atom stereocenters. The number of carbonyl (C=O) groups excluding carboxylic acids is 1. The maximum Gasteiger partial charge on any atom is 0.417 e. The number of benzene rings is 1. The van der Waals surface area contributed by atoms with Crippen LogP contribution >= 0.6 is 11.6 Å². The van der Waals surface area contributed by atoms with E-state index in [1.54, 1.807) is 12.1 Å². The molecule has 1 aromatic carbocycles. The molecule has 0 aliphatic rings. The molecule has 0 saturated heterocycles. The second kappa shape index (κ2) is 5.05. The predicted molar refractivity (Wildman–Crippen MR) is 64.3 cm³/mol. The van der Waals surface area contributed by atoms with Crippen molar-refractivity contribution >= 4 is 28.6 Å². The number of aromatic nitrogens is 1. The van der Waals surface area contributed by atoms with Crippen LogP contribution in [0.1, 0.15) is 5.56 Å². The molecule has 6 heteroatoms. The molecule has 90 valence electrons. The summed E-state index contributed by atoms with van der Waals surface area (Å²) in [7, 11) is 0. The van der Waals surface area contributed by atoms with Gasteiger partial charge in [-0.1, -0.05) is 6.07 Å². The largest absolute Gasteiger partial charge is 0.417 e. The monoisotopic (exact) mass is 254 g/mol. The van der Waals surface area contributed by atoms with Crippen molar-refractivity contribution in [2.45, 2.75) is 6.42 Å². The topological polar surface area (TPSA) is 75.1 Å². The Kier molecular flexibility index (Phi) is 3.49. The SMILES string of the molecule is O=C(CCl)NCCc1ccc2[nH]c(=O)oc2c1. The fourth-order valence-corrected chi connectivity index (χ4v) is 1.63. The number of nitrogens with one attached hydrogen (secondary N) is 2. The van der Waals surface area contributed by atoms with E-state index in [4.69, 9.17) is 16.0 Å².